The number of nitrogens with one attached hydrogen (secondary N) is 1. The molecule has 1 aromatic carbocycles. The third-order valence-electron chi connectivity index (χ3n) is 3.96. The predicted molar refractivity (Wildman–Crippen MR) is 82.3 cm³/mol. The molecular formula is C16H23ClFNO2. The van der Waals surface area contributed by atoms with Gasteiger partial charge in [0.05, 0.1) is 13.2 Å². The molecule has 1 atom stereocenters. The van der Waals surface area contributed by atoms with Crippen molar-refractivity contribution in [2.75, 3.05) is 40.0 Å². The van der Waals surface area contributed by atoms with E-state index in [0.29, 0.717) is 18.2 Å². The van der Waals surface area contributed by atoms with Crippen LogP contribution in [-0.2, 0) is 15.9 Å². The summed E-state index contributed by atoms with van der Waals surface area (Å²) in [7, 11) is 1.69. The van der Waals surface area contributed by atoms with Crippen molar-refractivity contribution < 1.29 is 13.9 Å². The Morgan fingerprint density at radius 1 is 1.48 bits per heavy atom. The Hall–Kier alpha value is -0.680. The first-order valence-corrected chi connectivity index (χ1v) is 7.74. The summed E-state index contributed by atoms with van der Waals surface area (Å²) in [6, 6.07) is 4.56. The van der Waals surface area contributed by atoms with E-state index in [-0.39, 0.29) is 11.2 Å². The fourth-order valence-electron chi connectivity index (χ4n) is 2.86. The molecule has 0 amide bonds. The van der Waals surface area contributed by atoms with Crippen LogP contribution in [0.25, 0.3) is 0 Å². The maximum atomic E-state index is 13.5. The lowest BCUT2D eigenvalue weighted by molar-refractivity contribution is -0.00771. The van der Waals surface area contributed by atoms with Crippen LogP contribution >= 0.6 is 11.6 Å². The number of hydrogen-bond donors (Lipinski definition) is 1. The molecule has 0 aromatic heterocycles. The number of halogens is 2. The molecule has 1 aliphatic heterocycles. The van der Waals surface area contributed by atoms with Gasteiger partial charge < -0.3 is 14.8 Å². The predicted octanol–water partition coefficient (Wildman–Crippen LogP) is 3.05. The highest BCUT2D eigenvalue weighted by atomic mass is 35.5. The summed E-state index contributed by atoms with van der Waals surface area (Å²) in [6.07, 6.45) is 2.81. The number of ether oxygens (including phenoxy) is 2. The molecule has 5 heteroatoms. The molecule has 1 aliphatic rings. The van der Waals surface area contributed by atoms with Crippen LogP contribution in [0.3, 0.4) is 0 Å². The molecule has 0 radical (unpaired) electrons. The van der Waals surface area contributed by atoms with Crippen molar-refractivity contribution in [1.82, 2.24) is 5.32 Å². The van der Waals surface area contributed by atoms with Crippen LogP contribution in [0.1, 0.15) is 18.4 Å². The normalized spacial score (nSPS) is 22.4. The van der Waals surface area contributed by atoms with Gasteiger partial charge in [-0.2, -0.15) is 0 Å². The molecule has 1 saturated heterocycles. The number of methoxy groups -OCH3 is 1. The Morgan fingerprint density at radius 2 is 2.33 bits per heavy atom. The monoisotopic (exact) mass is 315 g/mol. The van der Waals surface area contributed by atoms with Gasteiger partial charge in [0.2, 0.25) is 0 Å². The maximum Gasteiger partial charge on any atom is 0.123 e. The van der Waals surface area contributed by atoms with Crippen molar-refractivity contribution in [3.8, 4) is 0 Å². The summed E-state index contributed by atoms with van der Waals surface area (Å²) in [6.45, 7) is 3.78. The molecule has 1 aromatic rings. The number of hydrogen-bond acceptors (Lipinski definition) is 3. The van der Waals surface area contributed by atoms with Crippen LogP contribution in [-0.4, -0.2) is 40.0 Å². The highest BCUT2D eigenvalue weighted by Gasteiger charge is 2.33. The summed E-state index contributed by atoms with van der Waals surface area (Å²) in [4.78, 5) is 0. The van der Waals surface area contributed by atoms with Gasteiger partial charge in [-0.15, -0.1) is 0 Å². The summed E-state index contributed by atoms with van der Waals surface area (Å²) in [5.41, 5.74) is 0.833. The molecule has 0 aliphatic carbocycles. The van der Waals surface area contributed by atoms with Gasteiger partial charge in [0.25, 0.3) is 0 Å². The van der Waals surface area contributed by atoms with Gasteiger partial charge in [-0.25, -0.2) is 4.39 Å². The molecule has 1 unspecified atom stereocenters. The Balaban J connectivity index is 2.06. The van der Waals surface area contributed by atoms with Crippen LogP contribution in [0, 0.1) is 11.2 Å². The Labute approximate surface area is 130 Å². The lowest BCUT2D eigenvalue weighted by Gasteiger charge is -2.37. The largest absolute Gasteiger partial charge is 0.383 e. The van der Waals surface area contributed by atoms with Crippen LogP contribution in [0.4, 0.5) is 4.39 Å². The molecule has 0 bridgehead atoms. The van der Waals surface area contributed by atoms with Gasteiger partial charge in [-0.05, 0) is 43.0 Å². The second-order valence-corrected chi connectivity index (χ2v) is 6.15. The summed E-state index contributed by atoms with van der Waals surface area (Å²) in [5, 5.41) is 4.03. The van der Waals surface area contributed by atoms with Gasteiger partial charge in [0.15, 0.2) is 0 Å². The Morgan fingerprint density at radius 3 is 3.05 bits per heavy atom. The third-order valence-corrected chi connectivity index (χ3v) is 4.33. The summed E-state index contributed by atoms with van der Waals surface area (Å²) in [5.74, 6) is -0.242. The van der Waals surface area contributed by atoms with Gasteiger partial charge in [0.1, 0.15) is 5.82 Å². The Kier molecular flexibility index (Phi) is 6.42. The topological polar surface area (TPSA) is 30.5 Å². The van der Waals surface area contributed by atoms with Crippen molar-refractivity contribution in [3.05, 3.63) is 34.6 Å². The van der Waals surface area contributed by atoms with Crippen LogP contribution in [0.2, 0.25) is 5.02 Å². The zero-order valence-electron chi connectivity index (χ0n) is 12.5. The molecule has 21 heavy (non-hydrogen) atoms. The fraction of sp³-hybridized carbons (Fsp3) is 0.625. The second-order valence-electron chi connectivity index (χ2n) is 5.74. The van der Waals surface area contributed by atoms with E-state index in [1.165, 1.54) is 12.1 Å². The molecule has 118 valence electrons. The fourth-order valence-corrected chi connectivity index (χ4v) is 3.05. The first-order valence-electron chi connectivity index (χ1n) is 7.37. The molecule has 1 N–H and O–H groups in total. The van der Waals surface area contributed by atoms with Crippen molar-refractivity contribution >= 4 is 11.6 Å². The van der Waals surface area contributed by atoms with Crippen LogP contribution < -0.4 is 5.32 Å². The zero-order valence-corrected chi connectivity index (χ0v) is 13.2. The van der Waals surface area contributed by atoms with Gasteiger partial charge in [0, 0.05) is 37.2 Å². The van der Waals surface area contributed by atoms with Crippen molar-refractivity contribution in [2.24, 2.45) is 5.41 Å². The molecule has 2 rings (SSSR count). The minimum Gasteiger partial charge on any atom is -0.383 e. The second kappa shape index (κ2) is 8.08. The van der Waals surface area contributed by atoms with Crippen molar-refractivity contribution in [2.45, 2.75) is 19.3 Å². The zero-order chi connectivity index (χ0) is 15.1. The van der Waals surface area contributed by atoms with Crippen molar-refractivity contribution in [3.63, 3.8) is 0 Å². The summed E-state index contributed by atoms with van der Waals surface area (Å²) >= 11 is 6.21. The average Bonchev–Trinajstić information content (AvgIpc) is 2.49. The lowest BCUT2D eigenvalue weighted by Crippen LogP contribution is -2.43. The summed E-state index contributed by atoms with van der Waals surface area (Å²) < 4.78 is 24.2. The minimum absolute atomic E-state index is 0.0244. The lowest BCUT2D eigenvalue weighted by atomic mass is 9.77. The molecular weight excluding hydrogens is 293 g/mol. The minimum atomic E-state index is -0.242. The van der Waals surface area contributed by atoms with Gasteiger partial charge in [-0.1, -0.05) is 11.6 Å². The Bertz CT molecular complexity index is 450. The van der Waals surface area contributed by atoms with Gasteiger partial charge in [-0.3, -0.25) is 0 Å². The third kappa shape index (κ3) is 4.92. The molecule has 3 nitrogen and oxygen atoms in total. The van der Waals surface area contributed by atoms with E-state index in [2.05, 4.69) is 5.32 Å². The first kappa shape index (κ1) is 16.7. The SMILES string of the molecule is COCCNCC1(Cc2cc(F)ccc2Cl)CCCOC1. The highest BCUT2D eigenvalue weighted by molar-refractivity contribution is 6.31. The molecule has 0 spiro atoms. The van der Waals surface area contributed by atoms with E-state index < -0.39 is 0 Å². The quantitative estimate of drug-likeness (QED) is 0.785. The first-order chi connectivity index (χ1) is 10.2. The smallest absolute Gasteiger partial charge is 0.123 e. The molecule has 1 fully saturated rings. The van der Waals surface area contributed by atoms with Crippen LogP contribution in [0.15, 0.2) is 18.2 Å². The van der Waals surface area contributed by atoms with E-state index in [1.54, 1.807) is 13.2 Å². The van der Waals surface area contributed by atoms with E-state index in [4.69, 9.17) is 21.1 Å². The van der Waals surface area contributed by atoms with Crippen molar-refractivity contribution in [1.29, 1.82) is 0 Å². The van der Waals surface area contributed by atoms with Crippen LogP contribution in [0.5, 0.6) is 0 Å². The van der Waals surface area contributed by atoms with E-state index >= 15 is 0 Å². The molecule has 0 saturated carbocycles. The molecule has 1 heterocycles. The van der Waals surface area contributed by atoms with E-state index in [9.17, 15) is 4.39 Å². The number of benzene rings is 1. The van der Waals surface area contributed by atoms with E-state index in [0.717, 1.165) is 44.5 Å². The van der Waals surface area contributed by atoms with E-state index in [1.807, 2.05) is 0 Å². The average molecular weight is 316 g/mol. The standard InChI is InChI=1S/C16H23ClFNO2/c1-20-8-6-19-11-16(5-2-7-21-12-16)10-13-9-14(18)3-4-15(13)17/h3-4,9,19H,2,5-8,10-12H2,1H3. The maximum absolute atomic E-state index is 13.5. The number of rotatable bonds is 7. The van der Waals surface area contributed by atoms with Gasteiger partial charge >= 0.3 is 0 Å². The highest BCUT2D eigenvalue weighted by Crippen LogP contribution is 2.34.